The molecule has 0 bridgehead atoms. The minimum absolute atomic E-state index is 0.0897. The molecule has 2 heterocycles. The van der Waals surface area contributed by atoms with Crippen molar-refractivity contribution < 1.29 is 19.1 Å². The Hall–Kier alpha value is -3.45. The Morgan fingerprint density at radius 2 is 1.77 bits per heavy atom. The van der Waals surface area contributed by atoms with Crippen molar-refractivity contribution in [2.75, 3.05) is 23.4 Å². The van der Waals surface area contributed by atoms with E-state index in [4.69, 9.17) is 4.74 Å². The lowest BCUT2D eigenvalue weighted by atomic mass is 10.0. The zero-order valence-electron chi connectivity index (χ0n) is 17.0. The number of anilines is 2. The fourth-order valence-corrected chi connectivity index (χ4v) is 4.60. The average Bonchev–Trinajstić information content (AvgIpc) is 3.39. The molecule has 31 heavy (non-hydrogen) atoms. The fourth-order valence-electron chi connectivity index (χ4n) is 3.64. The van der Waals surface area contributed by atoms with E-state index < -0.39 is 11.9 Å². The monoisotopic (exact) mass is 434 g/mol. The normalized spacial score (nSPS) is 15.7. The minimum atomic E-state index is -0.495. The summed E-state index contributed by atoms with van der Waals surface area (Å²) >= 11 is 1.28. The van der Waals surface area contributed by atoms with Gasteiger partial charge in [0.2, 0.25) is 11.8 Å². The summed E-state index contributed by atoms with van der Waals surface area (Å²) in [5.74, 6) is -1.34. The van der Waals surface area contributed by atoms with E-state index in [0.717, 1.165) is 11.3 Å². The highest BCUT2D eigenvalue weighted by atomic mass is 32.1. The van der Waals surface area contributed by atoms with Crippen LogP contribution in [0.1, 0.15) is 23.7 Å². The van der Waals surface area contributed by atoms with Gasteiger partial charge in [-0.1, -0.05) is 48.5 Å². The number of ether oxygens (including phenoxy) is 1. The fraction of sp³-hybridized carbons (Fsp3) is 0.208. The van der Waals surface area contributed by atoms with Crippen LogP contribution in [0.15, 0.2) is 66.0 Å². The Kier molecular flexibility index (Phi) is 6.13. The van der Waals surface area contributed by atoms with Crippen molar-refractivity contribution in [3.05, 3.63) is 71.6 Å². The first-order chi connectivity index (χ1) is 15.1. The van der Waals surface area contributed by atoms with Gasteiger partial charge < -0.3 is 15.0 Å². The molecule has 7 heteroatoms. The van der Waals surface area contributed by atoms with Crippen molar-refractivity contribution in [2.45, 2.75) is 13.3 Å². The van der Waals surface area contributed by atoms with Crippen LogP contribution >= 0.6 is 11.3 Å². The molecule has 2 amide bonds. The second kappa shape index (κ2) is 9.14. The molecular formula is C24H22N2O4S. The number of thiophene rings is 1. The lowest BCUT2D eigenvalue weighted by Crippen LogP contribution is -2.28. The van der Waals surface area contributed by atoms with Gasteiger partial charge in [0.1, 0.15) is 10.6 Å². The molecule has 0 spiro atoms. The molecule has 1 aliphatic rings. The molecular weight excluding hydrogens is 412 g/mol. The molecule has 1 aromatic heterocycles. The molecule has 0 unspecified atom stereocenters. The number of esters is 1. The van der Waals surface area contributed by atoms with Gasteiger partial charge >= 0.3 is 5.97 Å². The van der Waals surface area contributed by atoms with Gasteiger partial charge in [-0.25, -0.2) is 4.79 Å². The van der Waals surface area contributed by atoms with Crippen LogP contribution in [0.2, 0.25) is 0 Å². The number of benzene rings is 2. The van der Waals surface area contributed by atoms with Crippen molar-refractivity contribution in [3.63, 3.8) is 0 Å². The molecule has 0 saturated carbocycles. The van der Waals surface area contributed by atoms with Crippen molar-refractivity contribution in [1.82, 2.24) is 0 Å². The van der Waals surface area contributed by atoms with Gasteiger partial charge in [0, 0.05) is 29.6 Å². The van der Waals surface area contributed by atoms with Crippen LogP contribution in [-0.4, -0.2) is 30.9 Å². The zero-order chi connectivity index (χ0) is 21.8. The lowest BCUT2D eigenvalue weighted by Gasteiger charge is -2.16. The molecule has 1 aliphatic heterocycles. The summed E-state index contributed by atoms with van der Waals surface area (Å²) in [5.41, 5.74) is 2.70. The largest absolute Gasteiger partial charge is 0.462 e. The van der Waals surface area contributed by atoms with Gasteiger partial charge in [-0.3, -0.25) is 9.59 Å². The molecule has 1 atom stereocenters. The van der Waals surface area contributed by atoms with Crippen LogP contribution in [-0.2, 0) is 14.3 Å². The van der Waals surface area contributed by atoms with Gasteiger partial charge in [-0.2, -0.15) is 0 Å². The maximum atomic E-state index is 13.0. The first kappa shape index (κ1) is 20.8. The van der Waals surface area contributed by atoms with E-state index in [1.54, 1.807) is 11.8 Å². The predicted molar refractivity (Wildman–Crippen MR) is 121 cm³/mol. The van der Waals surface area contributed by atoms with Crippen LogP contribution in [0, 0.1) is 5.92 Å². The molecule has 3 aromatic rings. The molecule has 4 rings (SSSR count). The summed E-state index contributed by atoms with van der Waals surface area (Å²) in [5, 5.41) is 5.15. The first-order valence-corrected chi connectivity index (χ1v) is 11.0. The van der Waals surface area contributed by atoms with Gasteiger partial charge in [0.05, 0.1) is 12.5 Å². The van der Waals surface area contributed by atoms with Gasteiger partial charge in [0.15, 0.2) is 0 Å². The van der Waals surface area contributed by atoms with E-state index >= 15 is 0 Å². The lowest BCUT2D eigenvalue weighted by molar-refractivity contribution is -0.122. The summed E-state index contributed by atoms with van der Waals surface area (Å²) in [7, 11) is 0. The quantitative estimate of drug-likeness (QED) is 0.576. The highest BCUT2D eigenvalue weighted by Crippen LogP contribution is 2.37. The second-order valence-electron chi connectivity index (χ2n) is 7.17. The maximum Gasteiger partial charge on any atom is 0.341 e. The van der Waals surface area contributed by atoms with Gasteiger partial charge in [-0.15, -0.1) is 11.3 Å². The summed E-state index contributed by atoms with van der Waals surface area (Å²) in [6, 6.07) is 18.8. The van der Waals surface area contributed by atoms with Crippen LogP contribution in [0.4, 0.5) is 10.7 Å². The molecule has 1 N–H and O–H groups in total. The number of carbonyl (C=O) groups excluding carboxylic acids is 3. The summed E-state index contributed by atoms with van der Waals surface area (Å²) in [6.45, 7) is 2.28. The summed E-state index contributed by atoms with van der Waals surface area (Å²) in [4.78, 5) is 39.8. The third-order valence-corrected chi connectivity index (χ3v) is 6.05. The standard InChI is InChI=1S/C24H22N2O4S/c1-2-30-24(29)21-19(16-9-5-3-6-10-16)15-31-23(21)25-22(28)17-13-20(27)26(14-17)18-11-7-4-8-12-18/h3-12,15,17H,2,13-14H2,1H3,(H,25,28)/t17-/m0/s1. The summed E-state index contributed by atoms with van der Waals surface area (Å²) in [6.07, 6.45) is 0.131. The highest BCUT2D eigenvalue weighted by Gasteiger charge is 2.36. The Bertz CT molecular complexity index is 1100. The second-order valence-corrected chi connectivity index (χ2v) is 8.05. The van der Waals surface area contributed by atoms with Gasteiger partial charge in [-0.05, 0) is 24.6 Å². The van der Waals surface area contributed by atoms with Crippen LogP contribution in [0.3, 0.4) is 0 Å². The van der Waals surface area contributed by atoms with E-state index in [0.29, 0.717) is 22.7 Å². The number of nitrogens with zero attached hydrogens (tertiary/aromatic N) is 1. The van der Waals surface area contributed by atoms with Crippen LogP contribution < -0.4 is 10.2 Å². The molecule has 0 radical (unpaired) electrons. The third-order valence-electron chi connectivity index (χ3n) is 5.16. The molecule has 1 saturated heterocycles. The number of rotatable bonds is 6. The number of carbonyl (C=O) groups is 3. The number of nitrogens with one attached hydrogen (secondary N) is 1. The highest BCUT2D eigenvalue weighted by molar-refractivity contribution is 7.15. The molecule has 6 nitrogen and oxygen atoms in total. The molecule has 158 valence electrons. The smallest absolute Gasteiger partial charge is 0.341 e. The zero-order valence-corrected chi connectivity index (χ0v) is 17.9. The Balaban J connectivity index is 1.56. The number of hydrogen-bond acceptors (Lipinski definition) is 5. The van der Waals surface area contributed by atoms with E-state index in [1.807, 2.05) is 66.0 Å². The Morgan fingerprint density at radius 3 is 2.45 bits per heavy atom. The van der Waals surface area contributed by atoms with Crippen molar-refractivity contribution in [1.29, 1.82) is 0 Å². The topological polar surface area (TPSA) is 75.7 Å². The SMILES string of the molecule is CCOC(=O)c1c(-c2ccccc2)csc1NC(=O)[C@H]1CC(=O)N(c2ccccc2)C1. The average molecular weight is 435 g/mol. The number of hydrogen-bond donors (Lipinski definition) is 1. The predicted octanol–water partition coefficient (Wildman–Crippen LogP) is 4.58. The van der Waals surface area contributed by atoms with Crippen molar-refractivity contribution >= 4 is 39.8 Å². The third kappa shape index (κ3) is 4.36. The van der Waals surface area contributed by atoms with Crippen LogP contribution in [0.5, 0.6) is 0 Å². The molecule has 0 aliphatic carbocycles. The van der Waals surface area contributed by atoms with E-state index in [9.17, 15) is 14.4 Å². The Morgan fingerprint density at radius 1 is 1.10 bits per heavy atom. The first-order valence-electron chi connectivity index (χ1n) is 10.1. The summed E-state index contributed by atoms with van der Waals surface area (Å²) < 4.78 is 5.24. The number of para-hydroxylation sites is 1. The van der Waals surface area contributed by atoms with Crippen LogP contribution in [0.25, 0.3) is 11.1 Å². The van der Waals surface area contributed by atoms with E-state index in [-0.39, 0.29) is 24.8 Å². The van der Waals surface area contributed by atoms with E-state index in [2.05, 4.69) is 5.32 Å². The maximum absolute atomic E-state index is 13.0. The van der Waals surface area contributed by atoms with Gasteiger partial charge in [0.25, 0.3) is 0 Å². The molecule has 1 fully saturated rings. The minimum Gasteiger partial charge on any atom is -0.462 e. The van der Waals surface area contributed by atoms with E-state index in [1.165, 1.54) is 11.3 Å². The molecule has 2 aromatic carbocycles. The number of amides is 2. The van der Waals surface area contributed by atoms with Crippen molar-refractivity contribution in [2.24, 2.45) is 5.92 Å². The van der Waals surface area contributed by atoms with Crippen molar-refractivity contribution in [3.8, 4) is 11.1 Å². The Labute approximate surface area is 184 Å².